The van der Waals surface area contributed by atoms with Gasteiger partial charge in [0.15, 0.2) is 5.69 Å². The number of hydrogen-bond donors (Lipinski definition) is 0. The first-order valence-electron chi connectivity index (χ1n) is 19.7. The van der Waals surface area contributed by atoms with Crippen molar-refractivity contribution in [3.05, 3.63) is 61.7 Å². The molecule has 328 valence electrons. The van der Waals surface area contributed by atoms with Crippen molar-refractivity contribution >= 4 is 46.6 Å². The molecule has 0 spiro atoms. The second-order valence-electron chi connectivity index (χ2n) is 17.1. The fourth-order valence-electron chi connectivity index (χ4n) is 7.37. The van der Waals surface area contributed by atoms with Crippen molar-refractivity contribution in [1.82, 2.24) is 29.5 Å². The van der Waals surface area contributed by atoms with Gasteiger partial charge in [-0.2, -0.15) is 13.2 Å². The van der Waals surface area contributed by atoms with Crippen LogP contribution in [0, 0.1) is 6.92 Å². The number of piperazine rings is 1. The summed E-state index contributed by atoms with van der Waals surface area (Å²) in [5.41, 5.74) is 0.185. The molecule has 14 nitrogen and oxygen atoms in total. The van der Waals surface area contributed by atoms with Crippen molar-refractivity contribution in [3.63, 3.8) is 0 Å². The van der Waals surface area contributed by atoms with Crippen LogP contribution in [0.4, 0.5) is 22.8 Å². The van der Waals surface area contributed by atoms with E-state index in [1.54, 1.807) is 64.6 Å². The number of fused-ring (bicyclic) bond motifs is 2. The highest BCUT2D eigenvalue weighted by Crippen LogP contribution is 2.44. The zero-order chi connectivity index (χ0) is 43.9. The molecule has 1 saturated heterocycles. The molecule has 0 N–H and O–H groups in total. The number of aromatic nitrogens is 3. The molecule has 0 radical (unpaired) electrons. The first-order valence-corrected chi connectivity index (χ1v) is 20.9. The van der Waals surface area contributed by atoms with Crippen LogP contribution in [0.2, 0.25) is 5.02 Å². The fourth-order valence-corrected chi connectivity index (χ4v) is 8.62. The van der Waals surface area contributed by atoms with Crippen LogP contribution in [0.15, 0.2) is 30.0 Å². The predicted molar refractivity (Wildman–Crippen MR) is 217 cm³/mol. The maximum absolute atomic E-state index is 15.4. The highest BCUT2D eigenvalue weighted by Gasteiger charge is 2.51. The quantitative estimate of drug-likeness (QED) is 0.165. The Morgan fingerprint density at radius 1 is 1.00 bits per heavy atom. The summed E-state index contributed by atoms with van der Waals surface area (Å²) >= 11 is 7.23. The lowest BCUT2D eigenvalue weighted by molar-refractivity contribution is -0.143. The van der Waals surface area contributed by atoms with Gasteiger partial charge in [0.05, 0.1) is 37.3 Å². The zero-order valence-corrected chi connectivity index (χ0v) is 36.8. The minimum atomic E-state index is -4.70. The Kier molecular flexibility index (Phi) is 13.1. The van der Waals surface area contributed by atoms with Gasteiger partial charge >= 0.3 is 18.4 Å². The second kappa shape index (κ2) is 17.4. The van der Waals surface area contributed by atoms with Gasteiger partial charge in [0, 0.05) is 44.5 Å². The molecule has 3 aliphatic rings. The van der Waals surface area contributed by atoms with Gasteiger partial charge in [0.1, 0.15) is 33.6 Å². The largest absolute Gasteiger partial charge is 0.496 e. The maximum Gasteiger partial charge on any atom is 0.434 e. The average molecular weight is 881 g/mol. The zero-order valence-electron chi connectivity index (χ0n) is 35.3. The number of alkyl halides is 3. The highest BCUT2D eigenvalue weighted by atomic mass is 35.5. The topological polar surface area (TPSA) is 138 Å². The molecule has 4 heterocycles. The van der Waals surface area contributed by atoms with E-state index in [0.717, 1.165) is 31.0 Å². The number of nitrogens with zero attached hydrogens (tertiary/aromatic N) is 6. The number of thiazole rings is 1. The summed E-state index contributed by atoms with van der Waals surface area (Å²) in [7, 11) is 2.73. The number of hydrogen-bond acceptors (Lipinski definition) is 11. The first kappa shape index (κ1) is 45.0. The Bertz CT molecular complexity index is 2120. The monoisotopic (exact) mass is 880 g/mol. The van der Waals surface area contributed by atoms with E-state index in [9.17, 15) is 22.8 Å². The van der Waals surface area contributed by atoms with Crippen LogP contribution >= 0.6 is 22.9 Å². The number of carbonyl (C=O) groups is 3. The highest BCUT2D eigenvalue weighted by molar-refractivity contribution is 7.12. The number of rotatable bonds is 12. The molecule has 60 heavy (non-hydrogen) atoms. The van der Waals surface area contributed by atoms with E-state index in [1.807, 2.05) is 30.0 Å². The Hall–Kier alpha value is -4.55. The molecule has 19 heteroatoms. The Morgan fingerprint density at radius 3 is 2.30 bits per heavy atom. The van der Waals surface area contributed by atoms with E-state index < -0.39 is 52.4 Å². The van der Waals surface area contributed by atoms with E-state index in [2.05, 4.69) is 10.1 Å². The van der Waals surface area contributed by atoms with E-state index in [1.165, 1.54) is 11.3 Å². The van der Waals surface area contributed by atoms with Gasteiger partial charge in [-0.1, -0.05) is 23.7 Å². The molecule has 2 atom stereocenters. The predicted octanol–water partition coefficient (Wildman–Crippen LogP) is 8.03. The molecule has 2 bridgehead atoms. The minimum Gasteiger partial charge on any atom is -0.496 e. The van der Waals surface area contributed by atoms with Gasteiger partial charge < -0.3 is 33.5 Å². The molecule has 2 aromatic heterocycles. The number of aryl methyl sites for hydroxylation is 1. The third-order valence-corrected chi connectivity index (χ3v) is 11.5. The van der Waals surface area contributed by atoms with Crippen molar-refractivity contribution in [3.8, 4) is 11.6 Å². The molecular formula is C41H52ClF3N6O8S. The van der Waals surface area contributed by atoms with Gasteiger partial charge in [-0.05, 0) is 90.5 Å². The van der Waals surface area contributed by atoms with E-state index in [-0.39, 0.29) is 57.2 Å². The lowest BCUT2D eigenvalue weighted by Gasteiger charge is -2.51. The normalized spacial score (nSPS) is 18.4. The summed E-state index contributed by atoms with van der Waals surface area (Å²) in [6.07, 6.45) is -2.32. The summed E-state index contributed by atoms with van der Waals surface area (Å²) in [5.74, 6) is 0.0867. The van der Waals surface area contributed by atoms with Gasteiger partial charge in [-0.25, -0.2) is 14.6 Å². The van der Waals surface area contributed by atoms with Gasteiger partial charge in [-0.15, -0.1) is 16.4 Å². The number of benzene rings is 1. The van der Waals surface area contributed by atoms with Crippen molar-refractivity contribution < 1.29 is 51.2 Å². The third-order valence-electron chi connectivity index (χ3n) is 10.1. The molecule has 2 fully saturated rings. The lowest BCUT2D eigenvalue weighted by atomic mass is 9.83. The van der Waals surface area contributed by atoms with E-state index in [0.29, 0.717) is 38.0 Å². The lowest BCUT2D eigenvalue weighted by Crippen LogP contribution is -2.66. The van der Waals surface area contributed by atoms with Crippen LogP contribution < -0.4 is 9.47 Å². The standard InChI is InChI=1S/C41H52ClF3N6O8S/c1-23-24(11-10-12-29(23)55-9)19-50(25-13-14-25)36(52)32-27(17-26-20-49(37(53)58-39(2,3)4)21-28(32)51(26)38(54)59-40(5,6)7)30-18-46-31(60-30)22-56-15-16-57-35-33(42)34(41(43,44)45)48(8)47-35/h10-12,18,25-26,28H,13-17,19-22H2,1-9H3/t26?,28-/m1/s1. The molecule has 1 aromatic carbocycles. The Balaban J connectivity index is 1.32. The number of ether oxygens (including phenoxy) is 5. The minimum absolute atomic E-state index is 0.00848. The summed E-state index contributed by atoms with van der Waals surface area (Å²) in [4.78, 5) is 53.4. The maximum atomic E-state index is 15.4. The van der Waals surface area contributed by atoms with Crippen LogP contribution in [-0.4, -0.2) is 110 Å². The van der Waals surface area contributed by atoms with Crippen LogP contribution in [0.3, 0.4) is 0 Å². The van der Waals surface area contributed by atoms with Crippen LogP contribution in [0.25, 0.3) is 5.57 Å². The SMILES string of the molecule is COc1cccc(CN(C(=O)C2=C(c3cnc(COCCOc4nn(C)c(C(F)(F)F)c4Cl)s3)CC3CN(C(=O)OC(C)(C)C)C[C@H]2N3C(=O)OC(C)(C)C)C2CC2)c1C. The number of methoxy groups -OCH3 is 1. The van der Waals surface area contributed by atoms with E-state index >= 15 is 4.79 Å². The van der Waals surface area contributed by atoms with E-state index in [4.69, 9.17) is 35.3 Å². The summed E-state index contributed by atoms with van der Waals surface area (Å²) < 4.78 is 69.1. The van der Waals surface area contributed by atoms with Gasteiger partial charge in [0.2, 0.25) is 0 Å². The molecule has 1 aliphatic carbocycles. The molecule has 1 saturated carbocycles. The average Bonchev–Trinajstić information content (AvgIpc) is 3.78. The van der Waals surface area contributed by atoms with Crippen LogP contribution in [0.1, 0.15) is 87.5 Å². The van der Waals surface area contributed by atoms with Crippen LogP contribution in [-0.2, 0) is 45.4 Å². The summed E-state index contributed by atoms with van der Waals surface area (Å²) in [6.45, 7) is 13.0. The van der Waals surface area contributed by atoms with Gasteiger partial charge in [-0.3, -0.25) is 14.4 Å². The third kappa shape index (κ3) is 10.3. The molecule has 3 aromatic rings. The number of amides is 3. The molecule has 3 amide bonds. The second-order valence-corrected chi connectivity index (χ2v) is 18.5. The molecular weight excluding hydrogens is 829 g/mol. The molecule has 2 aliphatic heterocycles. The first-order chi connectivity index (χ1) is 28.1. The smallest absolute Gasteiger partial charge is 0.434 e. The summed E-state index contributed by atoms with van der Waals surface area (Å²) in [5, 5.41) is 3.67. The van der Waals surface area contributed by atoms with Crippen LogP contribution in [0.5, 0.6) is 11.6 Å². The fraction of sp³-hybridized carbons (Fsp3) is 0.585. The number of halogens is 4. The van der Waals surface area contributed by atoms with Crippen molar-refractivity contribution in [2.45, 2.75) is 116 Å². The van der Waals surface area contributed by atoms with Gasteiger partial charge in [0.25, 0.3) is 11.8 Å². The Labute approximate surface area is 356 Å². The molecule has 1 unspecified atom stereocenters. The molecule has 6 rings (SSSR count). The van der Waals surface area contributed by atoms with Crippen molar-refractivity contribution in [2.24, 2.45) is 7.05 Å². The van der Waals surface area contributed by atoms with Crippen molar-refractivity contribution in [2.75, 3.05) is 33.4 Å². The number of carbonyl (C=O) groups excluding carboxylic acids is 3. The summed E-state index contributed by atoms with van der Waals surface area (Å²) in [6, 6.07) is 4.24. The van der Waals surface area contributed by atoms with Crippen molar-refractivity contribution in [1.29, 1.82) is 0 Å². The Morgan fingerprint density at radius 2 is 1.68 bits per heavy atom.